The number of aromatic nitrogens is 2. The van der Waals surface area contributed by atoms with Gasteiger partial charge in [0.15, 0.2) is 11.5 Å². The third-order valence-electron chi connectivity index (χ3n) is 4.79. The van der Waals surface area contributed by atoms with E-state index in [1.807, 2.05) is 29.7 Å². The first kappa shape index (κ1) is 18.1. The first-order chi connectivity index (χ1) is 12.9. The molecule has 27 heavy (non-hydrogen) atoms. The SMILES string of the molecule is CCOc1cc(/C=C2/Cn3c(nc4ccc(C)c(C)c43)S2=O)cc(Cl)c1O. The number of allylic oxidation sites excluding steroid dienone is 1. The summed E-state index contributed by atoms with van der Waals surface area (Å²) in [4.78, 5) is 5.32. The molecule has 2 heterocycles. The predicted octanol–water partition coefficient (Wildman–Crippen LogP) is 4.57. The largest absolute Gasteiger partial charge is 0.503 e. The van der Waals surface area contributed by atoms with E-state index in [1.54, 1.807) is 12.1 Å². The van der Waals surface area contributed by atoms with Crippen LogP contribution in [-0.4, -0.2) is 25.5 Å². The summed E-state index contributed by atoms with van der Waals surface area (Å²) in [6.07, 6.45) is 1.83. The van der Waals surface area contributed by atoms with Gasteiger partial charge < -0.3 is 14.4 Å². The highest BCUT2D eigenvalue weighted by Gasteiger charge is 2.28. The molecule has 2 aromatic carbocycles. The summed E-state index contributed by atoms with van der Waals surface area (Å²) in [6.45, 7) is 6.87. The molecule has 3 aromatic rings. The minimum absolute atomic E-state index is 0.0850. The molecular weight excluding hydrogens is 384 g/mol. The van der Waals surface area contributed by atoms with Crippen LogP contribution in [0.5, 0.6) is 11.5 Å². The second-order valence-electron chi connectivity index (χ2n) is 6.52. The van der Waals surface area contributed by atoms with Gasteiger partial charge in [-0.05, 0) is 61.7 Å². The van der Waals surface area contributed by atoms with Crippen LogP contribution in [0.2, 0.25) is 5.02 Å². The van der Waals surface area contributed by atoms with Crippen molar-refractivity contribution in [2.24, 2.45) is 0 Å². The lowest BCUT2D eigenvalue weighted by molar-refractivity contribution is 0.318. The fourth-order valence-electron chi connectivity index (χ4n) is 3.32. The summed E-state index contributed by atoms with van der Waals surface area (Å²) in [6, 6.07) is 7.34. The van der Waals surface area contributed by atoms with Gasteiger partial charge in [0.05, 0.1) is 29.2 Å². The van der Waals surface area contributed by atoms with E-state index in [0.717, 1.165) is 27.1 Å². The molecule has 1 atom stereocenters. The van der Waals surface area contributed by atoms with Crippen molar-refractivity contribution < 1.29 is 14.1 Å². The molecule has 1 aliphatic heterocycles. The average Bonchev–Trinajstić information content (AvgIpc) is 3.13. The number of fused-ring (bicyclic) bond motifs is 3. The van der Waals surface area contributed by atoms with Crippen molar-refractivity contribution in [2.75, 3.05) is 6.61 Å². The molecule has 0 saturated heterocycles. The van der Waals surface area contributed by atoms with Gasteiger partial charge in [-0.1, -0.05) is 17.7 Å². The summed E-state index contributed by atoms with van der Waals surface area (Å²) in [5.41, 5.74) is 4.95. The van der Waals surface area contributed by atoms with Gasteiger partial charge in [-0.2, -0.15) is 0 Å². The van der Waals surface area contributed by atoms with E-state index in [1.165, 1.54) is 5.56 Å². The Morgan fingerprint density at radius 1 is 1.37 bits per heavy atom. The Hall–Kier alpha value is -2.31. The summed E-state index contributed by atoms with van der Waals surface area (Å²) < 4.78 is 20.4. The number of phenolic OH excluding ortho intramolecular Hbond substituents is 1. The fourth-order valence-corrected chi connectivity index (χ4v) is 4.80. The Morgan fingerprint density at radius 3 is 2.89 bits per heavy atom. The Morgan fingerprint density at radius 2 is 2.15 bits per heavy atom. The highest BCUT2D eigenvalue weighted by atomic mass is 35.5. The molecule has 1 N–H and O–H groups in total. The maximum absolute atomic E-state index is 13.0. The second kappa shape index (κ2) is 6.69. The number of halogens is 1. The zero-order chi connectivity index (χ0) is 19.3. The quantitative estimate of drug-likeness (QED) is 0.696. The molecule has 0 aliphatic carbocycles. The van der Waals surface area contributed by atoms with Crippen LogP contribution in [0, 0.1) is 13.8 Å². The van der Waals surface area contributed by atoms with E-state index in [9.17, 15) is 9.32 Å². The molecule has 7 heteroatoms. The molecule has 0 fully saturated rings. The lowest BCUT2D eigenvalue weighted by Gasteiger charge is -2.09. The van der Waals surface area contributed by atoms with E-state index in [0.29, 0.717) is 24.1 Å². The first-order valence-corrected chi connectivity index (χ1v) is 10.2. The number of ether oxygens (including phenoxy) is 1. The second-order valence-corrected chi connectivity index (χ2v) is 8.35. The predicted molar refractivity (Wildman–Crippen MR) is 108 cm³/mol. The zero-order valence-electron chi connectivity index (χ0n) is 15.2. The Bertz CT molecular complexity index is 1130. The van der Waals surface area contributed by atoms with Crippen LogP contribution in [0.1, 0.15) is 23.6 Å². The molecule has 0 bridgehead atoms. The van der Waals surface area contributed by atoms with Crippen LogP contribution < -0.4 is 4.74 Å². The van der Waals surface area contributed by atoms with Crippen molar-refractivity contribution in [3.63, 3.8) is 0 Å². The third-order valence-corrected chi connectivity index (χ3v) is 6.45. The summed E-state index contributed by atoms with van der Waals surface area (Å²) >= 11 is 6.11. The normalized spacial score (nSPS) is 17.6. The van der Waals surface area contributed by atoms with Crippen LogP contribution >= 0.6 is 11.6 Å². The summed E-state index contributed by atoms with van der Waals surface area (Å²) in [5.74, 6) is 0.230. The molecule has 0 spiro atoms. The molecule has 1 unspecified atom stereocenters. The van der Waals surface area contributed by atoms with Crippen molar-refractivity contribution in [3.8, 4) is 11.5 Å². The minimum Gasteiger partial charge on any atom is -0.503 e. The van der Waals surface area contributed by atoms with E-state index >= 15 is 0 Å². The highest BCUT2D eigenvalue weighted by molar-refractivity contribution is 7.89. The Labute approximate surface area is 164 Å². The van der Waals surface area contributed by atoms with Crippen molar-refractivity contribution in [1.82, 2.24) is 9.55 Å². The van der Waals surface area contributed by atoms with E-state index in [4.69, 9.17) is 16.3 Å². The van der Waals surface area contributed by atoms with Gasteiger partial charge in [-0.15, -0.1) is 0 Å². The number of benzene rings is 2. The van der Waals surface area contributed by atoms with E-state index in [2.05, 4.69) is 18.8 Å². The van der Waals surface area contributed by atoms with Crippen molar-refractivity contribution in [3.05, 3.63) is 50.9 Å². The number of nitrogens with zero attached hydrogens (tertiary/aromatic N) is 2. The molecular formula is C20H19ClN2O3S. The maximum atomic E-state index is 13.0. The van der Waals surface area contributed by atoms with Gasteiger partial charge in [-0.3, -0.25) is 0 Å². The van der Waals surface area contributed by atoms with Crippen LogP contribution in [0.3, 0.4) is 0 Å². The van der Waals surface area contributed by atoms with Gasteiger partial charge in [0, 0.05) is 4.91 Å². The standard InChI is InChI=1S/C20H19ClN2O3S/c1-4-26-17-9-13(8-15(21)19(17)24)7-14-10-23-18-12(3)11(2)5-6-16(18)22-20(23)27(14)25/h5-9,24H,4,10H2,1-3H3/b14-7-. The van der Waals surface area contributed by atoms with E-state index < -0.39 is 10.8 Å². The van der Waals surface area contributed by atoms with Gasteiger partial charge >= 0.3 is 0 Å². The van der Waals surface area contributed by atoms with Gasteiger partial charge in [0.1, 0.15) is 10.8 Å². The monoisotopic (exact) mass is 402 g/mol. The Kier molecular flexibility index (Phi) is 4.48. The van der Waals surface area contributed by atoms with Crippen molar-refractivity contribution in [1.29, 1.82) is 0 Å². The number of aromatic hydroxyl groups is 1. The van der Waals surface area contributed by atoms with Crippen molar-refractivity contribution in [2.45, 2.75) is 32.5 Å². The van der Waals surface area contributed by atoms with Crippen LogP contribution in [0.25, 0.3) is 17.1 Å². The topological polar surface area (TPSA) is 64.4 Å². The molecule has 0 saturated carbocycles. The highest BCUT2D eigenvalue weighted by Crippen LogP contribution is 2.37. The van der Waals surface area contributed by atoms with Gasteiger partial charge in [-0.25, -0.2) is 9.19 Å². The molecule has 4 rings (SSSR count). The van der Waals surface area contributed by atoms with Crippen molar-refractivity contribution >= 4 is 39.5 Å². The average molecular weight is 403 g/mol. The molecule has 1 aliphatic rings. The van der Waals surface area contributed by atoms with Gasteiger partial charge in [0.2, 0.25) is 5.16 Å². The van der Waals surface area contributed by atoms with Crippen LogP contribution in [0.4, 0.5) is 0 Å². The summed E-state index contributed by atoms with van der Waals surface area (Å²) in [7, 11) is -1.34. The number of hydrogen-bond acceptors (Lipinski definition) is 4. The van der Waals surface area contributed by atoms with E-state index in [-0.39, 0.29) is 10.8 Å². The number of phenols is 1. The Balaban J connectivity index is 1.78. The maximum Gasteiger partial charge on any atom is 0.205 e. The molecule has 0 amide bonds. The molecule has 1 aromatic heterocycles. The first-order valence-electron chi connectivity index (χ1n) is 8.64. The smallest absolute Gasteiger partial charge is 0.205 e. The number of aryl methyl sites for hydroxylation is 2. The van der Waals surface area contributed by atoms with Crippen LogP contribution in [0.15, 0.2) is 34.3 Å². The van der Waals surface area contributed by atoms with Crippen LogP contribution in [-0.2, 0) is 17.3 Å². The lowest BCUT2D eigenvalue weighted by atomic mass is 10.1. The number of hydrogen-bond donors (Lipinski definition) is 1. The number of imidazole rings is 1. The molecule has 140 valence electrons. The van der Waals surface area contributed by atoms with Gasteiger partial charge in [0.25, 0.3) is 0 Å². The lowest BCUT2D eigenvalue weighted by Crippen LogP contribution is -1.96. The molecule has 5 nitrogen and oxygen atoms in total. The minimum atomic E-state index is -1.34. The number of rotatable bonds is 3. The molecule has 0 radical (unpaired) electrons. The third kappa shape index (κ3) is 2.93. The zero-order valence-corrected chi connectivity index (χ0v) is 16.8. The summed E-state index contributed by atoms with van der Waals surface area (Å²) in [5, 5.41) is 10.8. The fraction of sp³-hybridized carbons (Fsp3) is 0.250.